The van der Waals surface area contributed by atoms with Gasteiger partial charge in [-0.1, -0.05) is 6.07 Å². The summed E-state index contributed by atoms with van der Waals surface area (Å²) in [6.07, 6.45) is 0.794. The highest BCUT2D eigenvalue weighted by molar-refractivity contribution is 7.89. The Labute approximate surface area is 121 Å². The Hall–Kier alpha value is -1.11. The molecule has 0 spiro atoms. The molecule has 0 aliphatic carbocycles. The lowest BCUT2D eigenvalue weighted by Gasteiger charge is -2.28. The normalized spacial score (nSPS) is 14.1. The summed E-state index contributed by atoms with van der Waals surface area (Å²) < 4.78 is 28.2. The van der Waals surface area contributed by atoms with Gasteiger partial charge in [0.1, 0.15) is 0 Å². The minimum Gasteiger partial charge on any atom is -0.382 e. The van der Waals surface area contributed by atoms with E-state index in [9.17, 15) is 8.42 Å². The van der Waals surface area contributed by atoms with Crippen molar-refractivity contribution < 1.29 is 13.2 Å². The van der Waals surface area contributed by atoms with E-state index in [1.165, 1.54) is 6.07 Å². The SMILES string of the molecule is COC(C)(C)CC(C)Nc1cc(S(N)(=O)=O)ccc1C. The fourth-order valence-electron chi connectivity index (χ4n) is 2.07. The van der Waals surface area contributed by atoms with Crippen LogP contribution in [0.4, 0.5) is 5.69 Å². The molecule has 1 unspecified atom stereocenters. The van der Waals surface area contributed by atoms with Gasteiger partial charge in [0.2, 0.25) is 10.0 Å². The Morgan fingerprint density at radius 2 is 2.00 bits per heavy atom. The minimum absolute atomic E-state index is 0.115. The van der Waals surface area contributed by atoms with E-state index in [2.05, 4.69) is 5.32 Å². The number of sulfonamides is 1. The van der Waals surface area contributed by atoms with Crippen LogP contribution in [0.1, 0.15) is 32.8 Å². The van der Waals surface area contributed by atoms with Crippen molar-refractivity contribution in [1.82, 2.24) is 0 Å². The van der Waals surface area contributed by atoms with E-state index in [1.807, 2.05) is 27.7 Å². The van der Waals surface area contributed by atoms with E-state index in [0.29, 0.717) is 0 Å². The molecule has 0 aliphatic heterocycles. The van der Waals surface area contributed by atoms with Crippen LogP contribution in [0.5, 0.6) is 0 Å². The maximum absolute atomic E-state index is 11.4. The first-order valence-corrected chi connectivity index (χ1v) is 8.05. The Morgan fingerprint density at radius 3 is 2.50 bits per heavy atom. The number of aryl methyl sites for hydroxylation is 1. The summed E-state index contributed by atoms with van der Waals surface area (Å²) in [6, 6.07) is 4.97. The van der Waals surface area contributed by atoms with Crippen LogP contribution >= 0.6 is 0 Å². The third kappa shape index (κ3) is 4.77. The average Bonchev–Trinajstić information content (AvgIpc) is 2.30. The highest BCUT2D eigenvalue weighted by Crippen LogP contribution is 2.23. The molecule has 3 N–H and O–H groups in total. The zero-order valence-electron chi connectivity index (χ0n) is 12.7. The molecule has 0 heterocycles. The van der Waals surface area contributed by atoms with Crippen LogP contribution in [0.3, 0.4) is 0 Å². The van der Waals surface area contributed by atoms with Gasteiger partial charge in [0.15, 0.2) is 0 Å². The van der Waals surface area contributed by atoms with Gasteiger partial charge in [-0.05, 0) is 51.8 Å². The number of hydrogen-bond donors (Lipinski definition) is 2. The first kappa shape index (κ1) is 16.9. The largest absolute Gasteiger partial charge is 0.382 e. The topological polar surface area (TPSA) is 81.4 Å². The van der Waals surface area contributed by atoms with E-state index in [-0.39, 0.29) is 16.5 Å². The van der Waals surface area contributed by atoms with E-state index in [4.69, 9.17) is 9.88 Å². The van der Waals surface area contributed by atoms with Gasteiger partial charge >= 0.3 is 0 Å². The van der Waals surface area contributed by atoms with Crippen LogP contribution in [-0.2, 0) is 14.8 Å². The summed E-state index contributed by atoms with van der Waals surface area (Å²) in [5.41, 5.74) is 1.51. The summed E-state index contributed by atoms with van der Waals surface area (Å²) in [5, 5.41) is 8.47. The fourth-order valence-corrected chi connectivity index (χ4v) is 2.61. The van der Waals surface area contributed by atoms with E-state index in [0.717, 1.165) is 17.7 Å². The van der Waals surface area contributed by atoms with Crippen LogP contribution in [0.25, 0.3) is 0 Å². The molecule has 5 nitrogen and oxygen atoms in total. The van der Waals surface area contributed by atoms with Crippen molar-refractivity contribution in [3.63, 3.8) is 0 Å². The Kier molecular flexibility index (Phi) is 5.18. The molecule has 1 rings (SSSR count). The third-order valence-electron chi connectivity index (χ3n) is 3.29. The zero-order chi connectivity index (χ0) is 15.6. The molecule has 20 heavy (non-hydrogen) atoms. The second kappa shape index (κ2) is 6.11. The van der Waals surface area contributed by atoms with Crippen molar-refractivity contribution in [1.29, 1.82) is 0 Å². The molecule has 1 aromatic carbocycles. The lowest BCUT2D eigenvalue weighted by atomic mass is 9.99. The van der Waals surface area contributed by atoms with Gasteiger partial charge in [-0.25, -0.2) is 13.6 Å². The van der Waals surface area contributed by atoms with Crippen LogP contribution in [0, 0.1) is 6.92 Å². The molecule has 0 saturated heterocycles. The van der Waals surface area contributed by atoms with E-state index < -0.39 is 10.0 Å². The maximum atomic E-state index is 11.4. The molecule has 0 aliphatic rings. The predicted octanol–water partition coefficient (Wildman–Crippen LogP) is 2.26. The Morgan fingerprint density at radius 1 is 1.40 bits per heavy atom. The second-order valence-electron chi connectivity index (χ2n) is 5.74. The second-order valence-corrected chi connectivity index (χ2v) is 7.30. The van der Waals surface area contributed by atoms with Crippen LogP contribution in [0.15, 0.2) is 23.1 Å². The summed E-state index contributed by atoms with van der Waals surface area (Å²) in [4.78, 5) is 0.115. The van der Waals surface area contributed by atoms with Gasteiger partial charge in [0, 0.05) is 18.8 Å². The number of ether oxygens (including phenoxy) is 1. The number of primary sulfonamides is 1. The van der Waals surface area contributed by atoms with Crippen molar-refractivity contribution in [2.45, 2.75) is 50.7 Å². The number of rotatable bonds is 6. The molecule has 0 radical (unpaired) electrons. The molecular formula is C14H24N2O3S. The summed E-state index contributed by atoms with van der Waals surface area (Å²) in [6.45, 7) is 7.98. The lowest BCUT2D eigenvalue weighted by Crippen LogP contribution is -2.31. The summed E-state index contributed by atoms with van der Waals surface area (Å²) >= 11 is 0. The number of methoxy groups -OCH3 is 1. The highest BCUT2D eigenvalue weighted by Gasteiger charge is 2.20. The first-order chi connectivity index (χ1) is 9.05. The van der Waals surface area contributed by atoms with Gasteiger partial charge < -0.3 is 10.1 Å². The highest BCUT2D eigenvalue weighted by atomic mass is 32.2. The first-order valence-electron chi connectivity index (χ1n) is 6.50. The van der Waals surface area contributed by atoms with Crippen molar-refractivity contribution in [2.24, 2.45) is 5.14 Å². The number of nitrogens with one attached hydrogen (secondary N) is 1. The molecule has 0 amide bonds. The summed E-state index contributed by atoms with van der Waals surface area (Å²) in [5.74, 6) is 0. The molecule has 0 fully saturated rings. The van der Waals surface area contributed by atoms with Crippen molar-refractivity contribution >= 4 is 15.7 Å². The number of nitrogens with two attached hydrogens (primary N) is 1. The van der Waals surface area contributed by atoms with Gasteiger partial charge in [-0.15, -0.1) is 0 Å². The quantitative estimate of drug-likeness (QED) is 0.844. The molecule has 114 valence electrons. The maximum Gasteiger partial charge on any atom is 0.238 e. The Balaban J connectivity index is 2.92. The van der Waals surface area contributed by atoms with Crippen molar-refractivity contribution in [3.8, 4) is 0 Å². The molecule has 0 saturated carbocycles. The minimum atomic E-state index is -3.68. The molecule has 0 bridgehead atoms. The van der Waals surface area contributed by atoms with Gasteiger partial charge in [0.25, 0.3) is 0 Å². The standard InChI is InChI=1S/C14H24N2O3S/c1-10-6-7-12(20(15,17)18)8-13(10)16-11(2)9-14(3,4)19-5/h6-8,11,16H,9H2,1-5H3,(H2,15,17,18). The van der Waals surface area contributed by atoms with Crippen molar-refractivity contribution in [2.75, 3.05) is 12.4 Å². The Bertz CT molecular complexity index is 568. The number of hydrogen-bond acceptors (Lipinski definition) is 4. The molecule has 6 heteroatoms. The van der Waals surface area contributed by atoms with Crippen molar-refractivity contribution in [3.05, 3.63) is 23.8 Å². The number of benzene rings is 1. The molecule has 1 aromatic rings. The molecule has 1 atom stereocenters. The predicted molar refractivity (Wildman–Crippen MR) is 81.3 cm³/mol. The smallest absolute Gasteiger partial charge is 0.238 e. The fraction of sp³-hybridized carbons (Fsp3) is 0.571. The lowest BCUT2D eigenvalue weighted by molar-refractivity contribution is 0.0128. The number of anilines is 1. The van der Waals surface area contributed by atoms with Crippen LogP contribution in [0.2, 0.25) is 0 Å². The average molecular weight is 300 g/mol. The van der Waals surface area contributed by atoms with Gasteiger partial charge in [-0.3, -0.25) is 0 Å². The zero-order valence-corrected chi connectivity index (χ0v) is 13.5. The monoisotopic (exact) mass is 300 g/mol. The molecular weight excluding hydrogens is 276 g/mol. The van der Waals surface area contributed by atoms with Gasteiger partial charge in [0.05, 0.1) is 10.5 Å². The van der Waals surface area contributed by atoms with Crippen LogP contribution in [-0.4, -0.2) is 27.2 Å². The summed E-state index contributed by atoms with van der Waals surface area (Å²) in [7, 11) is -2.00. The third-order valence-corrected chi connectivity index (χ3v) is 4.20. The van der Waals surface area contributed by atoms with Gasteiger partial charge in [-0.2, -0.15) is 0 Å². The van der Waals surface area contributed by atoms with E-state index in [1.54, 1.807) is 19.2 Å². The van der Waals surface area contributed by atoms with Crippen LogP contribution < -0.4 is 10.5 Å². The van der Waals surface area contributed by atoms with E-state index >= 15 is 0 Å². The molecule has 0 aromatic heterocycles.